The van der Waals surface area contributed by atoms with Crippen LogP contribution >= 0.6 is 0 Å². The van der Waals surface area contributed by atoms with Crippen molar-refractivity contribution in [2.45, 2.75) is 45.4 Å². The predicted octanol–water partition coefficient (Wildman–Crippen LogP) is 3.08. The van der Waals surface area contributed by atoms with Crippen LogP contribution in [0, 0.1) is 5.41 Å². The zero-order chi connectivity index (χ0) is 15.1. The minimum atomic E-state index is -0.0125. The number of carbonyl (C=O) groups is 1. The highest BCUT2D eigenvalue weighted by atomic mass is 16.1. The molecule has 1 heterocycles. The van der Waals surface area contributed by atoms with E-state index in [1.807, 2.05) is 18.2 Å². The quantitative estimate of drug-likeness (QED) is 0.844. The Labute approximate surface area is 128 Å². The molecule has 1 unspecified atom stereocenters. The van der Waals surface area contributed by atoms with Crippen molar-refractivity contribution >= 4 is 5.91 Å². The monoisotopic (exact) mass is 288 g/mol. The summed E-state index contributed by atoms with van der Waals surface area (Å²) in [6.45, 7) is 7.33. The lowest BCUT2D eigenvalue weighted by molar-refractivity contribution is -0.123. The molecule has 1 saturated heterocycles. The van der Waals surface area contributed by atoms with E-state index in [0.717, 1.165) is 50.9 Å². The molecule has 1 aliphatic rings. The minimum Gasteiger partial charge on any atom is -0.355 e. The first-order valence-electron chi connectivity index (χ1n) is 8.18. The molecule has 3 nitrogen and oxygen atoms in total. The Hall–Kier alpha value is -1.35. The van der Waals surface area contributed by atoms with E-state index in [1.54, 1.807) is 0 Å². The first-order chi connectivity index (χ1) is 10.1. The van der Waals surface area contributed by atoms with E-state index in [1.165, 1.54) is 0 Å². The maximum Gasteiger partial charge on any atom is 0.227 e. The lowest BCUT2D eigenvalue weighted by Crippen LogP contribution is -2.44. The molecule has 21 heavy (non-hydrogen) atoms. The summed E-state index contributed by atoms with van der Waals surface area (Å²) in [4.78, 5) is 12.6. The molecule has 3 heteroatoms. The standard InChI is InChI=1S/C18H28N2O/c1-3-7-16(15-8-5-4-6-9-15)17(21)20-14-18(2)10-12-19-13-11-18/h4-6,8-9,16,19H,3,7,10-14H2,1-2H3,(H,20,21). The van der Waals surface area contributed by atoms with E-state index >= 15 is 0 Å². The second-order valence-corrected chi connectivity index (χ2v) is 6.53. The zero-order valence-corrected chi connectivity index (χ0v) is 13.3. The average Bonchev–Trinajstić information content (AvgIpc) is 2.52. The van der Waals surface area contributed by atoms with E-state index < -0.39 is 0 Å². The lowest BCUT2D eigenvalue weighted by atomic mass is 9.81. The number of hydrogen-bond donors (Lipinski definition) is 2. The Morgan fingerprint density at radius 1 is 1.29 bits per heavy atom. The molecule has 0 aliphatic carbocycles. The van der Waals surface area contributed by atoms with Crippen LogP contribution in [0.5, 0.6) is 0 Å². The van der Waals surface area contributed by atoms with Crippen LogP contribution in [-0.4, -0.2) is 25.5 Å². The number of nitrogens with one attached hydrogen (secondary N) is 2. The van der Waals surface area contributed by atoms with Crippen LogP contribution in [0.15, 0.2) is 30.3 Å². The maximum atomic E-state index is 12.6. The largest absolute Gasteiger partial charge is 0.355 e. The first-order valence-corrected chi connectivity index (χ1v) is 8.18. The van der Waals surface area contributed by atoms with E-state index in [2.05, 4.69) is 36.6 Å². The SMILES string of the molecule is CCCC(C(=O)NCC1(C)CCNCC1)c1ccccc1. The summed E-state index contributed by atoms with van der Waals surface area (Å²) in [5.74, 6) is 0.171. The van der Waals surface area contributed by atoms with Gasteiger partial charge in [-0.25, -0.2) is 0 Å². The van der Waals surface area contributed by atoms with Crippen molar-refractivity contribution < 1.29 is 4.79 Å². The summed E-state index contributed by atoms with van der Waals surface area (Å²) >= 11 is 0. The molecule has 1 aromatic carbocycles. The van der Waals surface area contributed by atoms with Gasteiger partial charge in [0.25, 0.3) is 0 Å². The number of amides is 1. The van der Waals surface area contributed by atoms with Crippen LogP contribution in [-0.2, 0) is 4.79 Å². The number of benzene rings is 1. The molecule has 1 fully saturated rings. The van der Waals surface area contributed by atoms with Crippen LogP contribution in [0.2, 0.25) is 0 Å². The Kier molecular flexibility index (Phi) is 5.80. The third kappa shape index (κ3) is 4.57. The van der Waals surface area contributed by atoms with Crippen LogP contribution in [0.1, 0.15) is 51.0 Å². The highest BCUT2D eigenvalue weighted by Gasteiger charge is 2.28. The summed E-state index contributed by atoms with van der Waals surface area (Å²) in [5.41, 5.74) is 1.38. The Bertz CT molecular complexity index is 438. The maximum absolute atomic E-state index is 12.6. The smallest absolute Gasteiger partial charge is 0.227 e. The lowest BCUT2D eigenvalue weighted by Gasteiger charge is -2.34. The topological polar surface area (TPSA) is 41.1 Å². The molecule has 0 bridgehead atoms. The van der Waals surface area contributed by atoms with Crippen molar-refractivity contribution in [3.05, 3.63) is 35.9 Å². The van der Waals surface area contributed by atoms with Gasteiger partial charge in [0.1, 0.15) is 0 Å². The molecule has 0 aromatic heterocycles. The van der Waals surface area contributed by atoms with Gasteiger partial charge in [-0.2, -0.15) is 0 Å². The highest BCUT2D eigenvalue weighted by Crippen LogP contribution is 2.27. The van der Waals surface area contributed by atoms with Crippen LogP contribution in [0.4, 0.5) is 0 Å². The molecule has 1 atom stereocenters. The van der Waals surface area contributed by atoms with Gasteiger partial charge in [0, 0.05) is 6.54 Å². The third-order valence-electron chi connectivity index (χ3n) is 4.60. The van der Waals surface area contributed by atoms with Gasteiger partial charge in [-0.15, -0.1) is 0 Å². The molecule has 2 rings (SSSR count). The second-order valence-electron chi connectivity index (χ2n) is 6.53. The fourth-order valence-corrected chi connectivity index (χ4v) is 3.05. The van der Waals surface area contributed by atoms with Gasteiger partial charge in [-0.05, 0) is 43.3 Å². The molecule has 2 N–H and O–H groups in total. The Morgan fingerprint density at radius 3 is 2.57 bits per heavy atom. The molecular formula is C18H28N2O. The average molecular weight is 288 g/mol. The number of piperidine rings is 1. The van der Waals surface area contributed by atoms with E-state index in [9.17, 15) is 4.79 Å². The van der Waals surface area contributed by atoms with Gasteiger partial charge in [0.15, 0.2) is 0 Å². The fourth-order valence-electron chi connectivity index (χ4n) is 3.05. The van der Waals surface area contributed by atoms with Gasteiger partial charge in [-0.1, -0.05) is 50.6 Å². The molecule has 1 amide bonds. The second kappa shape index (κ2) is 7.60. The van der Waals surface area contributed by atoms with Crippen molar-refractivity contribution in [2.75, 3.05) is 19.6 Å². The Morgan fingerprint density at radius 2 is 1.95 bits per heavy atom. The molecule has 0 saturated carbocycles. The highest BCUT2D eigenvalue weighted by molar-refractivity contribution is 5.83. The molecule has 116 valence electrons. The molecule has 0 radical (unpaired) electrons. The van der Waals surface area contributed by atoms with E-state index in [-0.39, 0.29) is 17.2 Å². The van der Waals surface area contributed by atoms with Gasteiger partial charge in [-0.3, -0.25) is 4.79 Å². The number of rotatable bonds is 6. The van der Waals surface area contributed by atoms with Crippen molar-refractivity contribution in [1.82, 2.24) is 10.6 Å². The van der Waals surface area contributed by atoms with Gasteiger partial charge < -0.3 is 10.6 Å². The zero-order valence-electron chi connectivity index (χ0n) is 13.3. The molecule has 0 spiro atoms. The molecular weight excluding hydrogens is 260 g/mol. The first kappa shape index (κ1) is 16.0. The van der Waals surface area contributed by atoms with Crippen LogP contribution < -0.4 is 10.6 Å². The third-order valence-corrected chi connectivity index (χ3v) is 4.60. The van der Waals surface area contributed by atoms with Gasteiger partial charge in [0.05, 0.1) is 5.92 Å². The van der Waals surface area contributed by atoms with Gasteiger partial charge >= 0.3 is 0 Å². The Balaban J connectivity index is 1.96. The molecule has 1 aromatic rings. The van der Waals surface area contributed by atoms with Crippen molar-refractivity contribution in [2.24, 2.45) is 5.41 Å². The minimum absolute atomic E-state index is 0.0125. The number of hydrogen-bond acceptors (Lipinski definition) is 2. The summed E-state index contributed by atoms with van der Waals surface area (Å²) in [6, 6.07) is 10.2. The van der Waals surface area contributed by atoms with Crippen molar-refractivity contribution in [3.8, 4) is 0 Å². The summed E-state index contributed by atoms with van der Waals surface area (Å²) in [6.07, 6.45) is 4.20. The summed E-state index contributed by atoms with van der Waals surface area (Å²) < 4.78 is 0. The normalized spacial score (nSPS) is 19.0. The van der Waals surface area contributed by atoms with E-state index in [0.29, 0.717) is 0 Å². The summed E-state index contributed by atoms with van der Waals surface area (Å²) in [5, 5.41) is 6.59. The van der Waals surface area contributed by atoms with Crippen molar-refractivity contribution in [3.63, 3.8) is 0 Å². The molecule has 1 aliphatic heterocycles. The van der Waals surface area contributed by atoms with Crippen LogP contribution in [0.3, 0.4) is 0 Å². The van der Waals surface area contributed by atoms with Gasteiger partial charge in [0.2, 0.25) is 5.91 Å². The predicted molar refractivity (Wildman–Crippen MR) is 87.3 cm³/mol. The number of carbonyl (C=O) groups excluding carboxylic acids is 1. The van der Waals surface area contributed by atoms with E-state index in [4.69, 9.17) is 0 Å². The fraction of sp³-hybridized carbons (Fsp3) is 0.611. The van der Waals surface area contributed by atoms with Crippen molar-refractivity contribution in [1.29, 1.82) is 0 Å². The van der Waals surface area contributed by atoms with Crippen LogP contribution in [0.25, 0.3) is 0 Å². The summed E-state index contributed by atoms with van der Waals surface area (Å²) in [7, 11) is 0.